The number of rotatable bonds is 7. The Bertz CT molecular complexity index is 543. The van der Waals surface area contributed by atoms with Gasteiger partial charge in [0.1, 0.15) is 0 Å². The third kappa shape index (κ3) is 5.21. The van der Waals surface area contributed by atoms with Gasteiger partial charge in [-0.05, 0) is 62.7 Å². The zero-order valence-electron chi connectivity index (χ0n) is 14.2. The molecule has 1 unspecified atom stereocenters. The fourth-order valence-electron chi connectivity index (χ4n) is 3.77. The molecule has 1 aliphatic heterocycles. The summed E-state index contributed by atoms with van der Waals surface area (Å²) in [6, 6.07) is 22.7. The van der Waals surface area contributed by atoms with Crippen molar-refractivity contribution in [1.82, 2.24) is 4.90 Å². The van der Waals surface area contributed by atoms with Crippen molar-refractivity contribution in [3.63, 3.8) is 0 Å². The Labute approximate surface area is 141 Å². The number of piperidine rings is 1. The number of likely N-dealkylation sites (tertiary alicyclic amines) is 1. The van der Waals surface area contributed by atoms with Crippen LogP contribution in [0, 0.1) is 0 Å². The van der Waals surface area contributed by atoms with Crippen LogP contribution in [0.2, 0.25) is 0 Å². The lowest BCUT2D eigenvalue weighted by Gasteiger charge is -2.35. The Morgan fingerprint density at radius 1 is 0.739 bits per heavy atom. The number of hydrogen-bond donors (Lipinski definition) is 0. The summed E-state index contributed by atoms with van der Waals surface area (Å²) in [5.74, 6) is 0. The SMILES string of the molecule is c1ccc(CCCC(Cc2ccccc2)N2CCCCC2)cc1. The molecule has 1 fully saturated rings. The second kappa shape index (κ2) is 8.88. The van der Waals surface area contributed by atoms with Crippen LogP contribution in [0.3, 0.4) is 0 Å². The van der Waals surface area contributed by atoms with Crippen LogP contribution < -0.4 is 0 Å². The average molecular weight is 307 g/mol. The van der Waals surface area contributed by atoms with E-state index in [0.717, 1.165) is 0 Å². The van der Waals surface area contributed by atoms with Gasteiger partial charge in [-0.2, -0.15) is 0 Å². The van der Waals surface area contributed by atoms with Gasteiger partial charge in [0.25, 0.3) is 0 Å². The van der Waals surface area contributed by atoms with Crippen LogP contribution in [-0.4, -0.2) is 24.0 Å². The second-order valence-electron chi connectivity index (χ2n) is 6.82. The predicted molar refractivity (Wildman–Crippen MR) is 98.7 cm³/mol. The number of aryl methyl sites for hydroxylation is 1. The van der Waals surface area contributed by atoms with Crippen molar-refractivity contribution in [2.24, 2.45) is 0 Å². The lowest BCUT2D eigenvalue weighted by Crippen LogP contribution is -2.40. The first-order valence-corrected chi connectivity index (χ1v) is 9.24. The molecule has 0 bridgehead atoms. The molecule has 1 aliphatic rings. The summed E-state index contributed by atoms with van der Waals surface area (Å²) in [5.41, 5.74) is 2.97. The highest BCUT2D eigenvalue weighted by atomic mass is 15.2. The molecule has 0 aliphatic carbocycles. The molecule has 0 amide bonds. The molecule has 122 valence electrons. The van der Waals surface area contributed by atoms with Crippen molar-refractivity contribution >= 4 is 0 Å². The van der Waals surface area contributed by atoms with Crippen LogP contribution >= 0.6 is 0 Å². The van der Waals surface area contributed by atoms with Crippen molar-refractivity contribution in [3.05, 3.63) is 71.8 Å². The molecule has 1 heteroatoms. The summed E-state index contributed by atoms with van der Waals surface area (Å²) in [6.45, 7) is 2.59. The summed E-state index contributed by atoms with van der Waals surface area (Å²) in [7, 11) is 0. The number of benzene rings is 2. The van der Waals surface area contributed by atoms with Gasteiger partial charge >= 0.3 is 0 Å². The fourth-order valence-corrected chi connectivity index (χ4v) is 3.77. The van der Waals surface area contributed by atoms with Crippen LogP contribution in [-0.2, 0) is 12.8 Å². The molecule has 0 radical (unpaired) electrons. The molecular formula is C22H29N. The van der Waals surface area contributed by atoms with E-state index in [2.05, 4.69) is 65.6 Å². The third-order valence-electron chi connectivity index (χ3n) is 5.07. The fraction of sp³-hybridized carbons (Fsp3) is 0.455. The summed E-state index contributed by atoms with van der Waals surface area (Å²) in [5, 5.41) is 0. The molecule has 2 aromatic carbocycles. The molecule has 1 saturated heterocycles. The quantitative estimate of drug-likeness (QED) is 0.687. The van der Waals surface area contributed by atoms with Gasteiger partial charge in [-0.25, -0.2) is 0 Å². The van der Waals surface area contributed by atoms with Crippen LogP contribution in [0.15, 0.2) is 60.7 Å². The van der Waals surface area contributed by atoms with Gasteiger partial charge < -0.3 is 4.90 Å². The van der Waals surface area contributed by atoms with Gasteiger partial charge in [0.15, 0.2) is 0 Å². The zero-order valence-corrected chi connectivity index (χ0v) is 14.2. The van der Waals surface area contributed by atoms with Crippen molar-refractivity contribution < 1.29 is 0 Å². The van der Waals surface area contributed by atoms with E-state index < -0.39 is 0 Å². The molecule has 0 N–H and O–H groups in total. The largest absolute Gasteiger partial charge is 0.300 e. The van der Waals surface area contributed by atoms with Gasteiger partial charge in [0.2, 0.25) is 0 Å². The Kier molecular flexibility index (Phi) is 6.28. The smallest absolute Gasteiger partial charge is 0.0136 e. The molecule has 1 atom stereocenters. The zero-order chi connectivity index (χ0) is 15.7. The minimum atomic E-state index is 0.710. The maximum Gasteiger partial charge on any atom is 0.0136 e. The molecule has 1 nitrogen and oxygen atoms in total. The molecule has 2 aromatic rings. The number of hydrogen-bond acceptors (Lipinski definition) is 1. The van der Waals surface area contributed by atoms with E-state index in [1.54, 1.807) is 0 Å². The van der Waals surface area contributed by atoms with Crippen LogP contribution in [0.5, 0.6) is 0 Å². The average Bonchev–Trinajstić information content (AvgIpc) is 2.63. The Hall–Kier alpha value is -1.60. The minimum Gasteiger partial charge on any atom is -0.300 e. The summed E-state index contributed by atoms with van der Waals surface area (Å²) >= 11 is 0. The second-order valence-corrected chi connectivity index (χ2v) is 6.82. The first-order chi connectivity index (χ1) is 11.4. The molecule has 3 rings (SSSR count). The van der Waals surface area contributed by atoms with E-state index in [-0.39, 0.29) is 0 Å². The van der Waals surface area contributed by atoms with Crippen LogP contribution in [0.1, 0.15) is 43.2 Å². The molecule has 0 saturated carbocycles. The third-order valence-corrected chi connectivity index (χ3v) is 5.07. The van der Waals surface area contributed by atoms with Crippen LogP contribution in [0.4, 0.5) is 0 Å². The van der Waals surface area contributed by atoms with Gasteiger partial charge in [0, 0.05) is 6.04 Å². The highest BCUT2D eigenvalue weighted by Gasteiger charge is 2.20. The number of nitrogens with zero attached hydrogens (tertiary/aromatic N) is 1. The van der Waals surface area contributed by atoms with Crippen LogP contribution in [0.25, 0.3) is 0 Å². The Morgan fingerprint density at radius 2 is 1.35 bits per heavy atom. The molecule has 0 spiro atoms. The highest BCUT2D eigenvalue weighted by molar-refractivity contribution is 5.17. The van der Waals surface area contributed by atoms with Crippen molar-refractivity contribution in [2.75, 3.05) is 13.1 Å². The van der Waals surface area contributed by atoms with Crippen molar-refractivity contribution in [1.29, 1.82) is 0 Å². The summed E-state index contributed by atoms with van der Waals surface area (Å²) in [4.78, 5) is 2.75. The lowest BCUT2D eigenvalue weighted by atomic mass is 9.96. The van der Waals surface area contributed by atoms with E-state index in [0.29, 0.717) is 6.04 Å². The molecule has 0 aromatic heterocycles. The maximum absolute atomic E-state index is 2.75. The summed E-state index contributed by atoms with van der Waals surface area (Å²) < 4.78 is 0. The van der Waals surface area contributed by atoms with Crippen molar-refractivity contribution in [2.45, 2.75) is 51.0 Å². The monoisotopic (exact) mass is 307 g/mol. The van der Waals surface area contributed by atoms with Gasteiger partial charge in [-0.1, -0.05) is 67.1 Å². The Morgan fingerprint density at radius 3 is 2.00 bits per heavy atom. The van der Waals surface area contributed by atoms with Crippen molar-refractivity contribution in [3.8, 4) is 0 Å². The predicted octanol–water partition coefficient (Wildman–Crippen LogP) is 5.11. The standard InChI is InChI=1S/C22H29N/c1-4-11-20(12-5-1)15-10-16-22(23-17-8-3-9-18-23)19-21-13-6-2-7-14-21/h1-2,4-7,11-14,22H,3,8-10,15-19H2. The first-order valence-electron chi connectivity index (χ1n) is 9.24. The van der Waals surface area contributed by atoms with Gasteiger partial charge in [0.05, 0.1) is 0 Å². The first kappa shape index (κ1) is 16.3. The van der Waals surface area contributed by atoms with E-state index >= 15 is 0 Å². The topological polar surface area (TPSA) is 3.24 Å². The molecular weight excluding hydrogens is 278 g/mol. The van der Waals surface area contributed by atoms with E-state index in [1.807, 2.05) is 0 Å². The maximum atomic E-state index is 2.75. The van der Waals surface area contributed by atoms with Gasteiger partial charge in [-0.3, -0.25) is 0 Å². The van der Waals surface area contributed by atoms with E-state index in [1.165, 1.54) is 69.2 Å². The molecule has 1 heterocycles. The Balaban J connectivity index is 1.57. The van der Waals surface area contributed by atoms with E-state index in [4.69, 9.17) is 0 Å². The highest BCUT2D eigenvalue weighted by Crippen LogP contribution is 2.20. The van der Waals surface area contributed by atoms with E-state index in [9.17, 15) is 0 Å². The minimum absolute atomic E-state index is 0.710. The lowest BCUT2D eigenvalue weighted by molar-refractivity contribution is 0.152. The molecule has 23 heavy (non-hydrogen) atoms. The van der Waals surface area contributed by atoms with Gasteiger partial charge in [-0.15, -0.1) is 0 Å². The normalized spacial score (nSPS) is 17.0. The summed E-state index contributed by atoms with van der Waals surface area (Å²) in [6.07, 6.45) is 9.18.